The maximum atomic E-state index is 6.20. The van der Waals surface area contributed by atoms with Crippen molar-refractivity contribution in [3.63, 3.8) is 0 Å². The summed E-state index contributed by atoms with van der Waals surface area (Å²) in [6.07, 6.45) is 2.00. The average molecular weight is 381 g/mol. The number of pyridine rings is 1. The number of benzene rings is 1. The van der Waals surface area contributed by atoms with Crippen LogP contribution in [-0.4, -0.2) is 9.38 Å². The highest BCUT2D eigenvalue weighted by atomic mass is 79.9. The van der Waals surface area contributed by atoms with Crippen molar-refractivity contribution in [1.82, 2.24) is 9.38 Å². The van der Waals surface area contributed by atoms with E-state index in [2.05, 4.69) is 36.8 Å². The van der Waals surface area contributed by atoms with Gasteiger partial charge in [0, 0.05) is 20.7 Å². The minimum Gasteiger partial charge on any atom is -0.383 e. The minimum absolute atomic E-state index is 0.660. The molecular weight excluding hydrogens is 370 g/mol. The zero-order chi connectivity index (χ0) is 13.6. The van der Waals surface area contributed by atoms with E-state index in [-0.39, 0.29) is 0 Å². The number of fused-ring (bicyclic) bond motifs is 1. The Morgan fingerprint density at radius 3 is 2.63 bits per heavy atom. The molecule has 0 unspecified atom stereocenters. The first-order chi connectivity index (χ1) is 9.06. The van der Waals surface area contributed by atoms with Crippen LogP contribution < -0.4 is 5.73 Å². The van der Waals surface area contributed by atoms with Gasteiger partial charge in [-0.3, -0.25) is 4.40 Å². The molecule has 0 radical (unpaired) electrons. The molecule has 0 bridgehead atoms. The molecule has 0 saturated carbocycles. The minimum atomic E-state index is 0.660. The lowest BCUT2D eigenvalue weighted by Crippen LogP contribution is -1.94. The molecule has 5 heteroatoms. The Morgan fingerprint density at radius 2 is 1.89 bits per heavy atom. The van der Waals surface area contributed by atoms with Crippen molar-refractivity contribution in [2.24, 2.45) is 0 Å². The molecule has 0 fully saturated rings. The lowest BCUT2D eigenvalue weighted by atomic mass is 10.1. The van der Waals surface area contributed by atoms with Crippen LogP contribution in [-0.2, 0) is 0 Å². The summed E-state index contributed by atoms with van der Waals surface area (Å²) in [7, 11) is 0. The van der Waals surface area contributed by atoms with Gasteiger partial charge in [-0.05, 0) is 62.5 Å². The Balaban J connectivity index is 2.24. The van der Waals surface area contributed by atoms with E-state index in [0.717, 1.165) is 31.4 Å². The Labute approximate surface area is 127 Å². The van der Waals surface area contributed by atoms with Crippen LogP contribution in [0.5, 0.6) is 0 Å². The van der Waals surface area contributed by atoms with Crippen LogP contribution in [0.2, 0.25) is 0 Å². The maximum Gasteiger partial charge on any atom is 0.139 e. The van der Waals surface area contributed by atoms with Crippen molar-refractivity contribution in [2.75, 3.05) is 5.73 Å². The second kappa shape index (κ2) is 4.65. The van der Waals surface area contributed by atoms with E-state index in [1.165, 1.54) is 0 Å². The molecule has 0 saturated heterocycles. The second-order valence-electron chi connectivity index (χ2n) is 4.41. The van der Waals surface area contributed by atoms with Gasteiger partial charge < -0.3 is 5.73 Å². The number of halogens is 2. The van der Waals surface area contributed by atoms with E-state index in [1.54, 1.807) is 0 Å². The number of aryl methyl sites for hydroxylation is 1. The van der Waals surface area contributed by atoms with E-state index < -0.39 is 0 Å². The highest BCUT2D eigenvalue weighted by molar-refractivity contribution is 9.13. The first-order valence-electron chi connectivity index (χ1n) is 5.76. The zero-order valence-corrected chi connectivity index (χ0v) is 13.4. The molecule has 3 rings (SSSR count). The third-order valence-corrected chi connectivity index (χ3v) is 4.88. The average Bonchev–Trinajstić information content (AvgIpc) is 2.70. The van der Waals surface area contributed by atoms with Crippen LogP contribution in [0.1, 0.15) is 5.56 Å². The Morgan fingerprint density at radius 1 is 1.11 bits per heavy atom. The van der Waals surface area contributed by atoms with Crippen LogP contribution in [0.25, 0.3) is 16.9 Å². The summed E-state index contributed by atoms with van der Waals surface area (Å²) in [5.41, 5.74) is 10.0. The molecule has 2 aromatic heterocycles. The van der Waals surface area contributed by atoms with Crippen LogP contribution in [0.3, 0.4) is 0 Å². The number of hydrogen-bond acceptors (Lipinski definition) is 2. The van der Waals surface area contributed by atoms with Gasteiger partial charge in [0.05, 0.1) is 0 Å². The van der Waals surface area contributed by atoms with Crippen molar-refractivity contribution >= 4 is 43.3 Å². The topological polar surface area (TPSA) is 43.3 Å². The fourth-order valence-corrected chi connectivity index (χ4v) is 2.65. The number of nitrogen functional groups attached to an aromatic ring is 1. The normalized spacial score (nSPS) is 11.1. The van der Waals surface area contributed by atoms with Gasteiger partial charge in [-0.2, -0.15) is 0 Å². The molecule has 0 spiro atoms. The van der Waals surface area contributed by atoms with Crippen LogP contribution >= 0.6 is 31.9 Å². The molecule has 0 amide bonds. The first-order valence-corrected chi connectivity index (χ1v) is 7.34. The van der Waals surface area contributed by atoms with Gasteiger partial charge in [-0.25, -0.2) is 4.98 Å². The fraction of sp³-hybridized carbons (Fsp3) is 0.0714. The monoisotopic (exact) mass is 379 g/mol. The zero-order valence-electron chi connectivity index (χ0n) is 10.2. The van der Waals surface area contributed by atoms with E-state index in [9.17, 15) is 0 Å². The van der Waals surface area contributed by atoms with E-state index in [4.69, 9.17) is 5.73 Å². The van der Waals surface area contributed by atoms with Crippen molar-refractivity contribution in [2.45, 2.75) is 6.92 Å². The van der Waals surface area contributed by atoms with E-state index in [1.807, 2.05) is 47.9 Å². The fourth-order valence-electron chi connectivity index (χ4n) is 2.02. The number of imidazole rings is 1. The molecule has 3 aromatic rings. The van der Waals surface area contributed by atoms with Crippen LogP contribution in [0.4, 0.5) is 5.82 Å². The van der Waals surface area contributed by atoms with Crippen LogP contribution in [0, 0.1) is 6.92 Å². The van der Waals surface area contributed by atoms with Crippen molar-refractivity contribution in [1.29, 1.82) is 0 Å². The van der Waals surface area contributed by atoms with Crippen molar-refractivity contribution in [3.8, 4) is 11.3 Å². The van der Waals surface area contributed by atoms with Gasteiger partial charge in [0.2, 0.25) is 0 Å². The van der Waals surface area contributed by atoms with E-state index in [0.29, 0.717) is 5.82 Å². The summed E-state index contributed by atoms with van der Waals surface area (Å²) >= 11 is 6.96. The first kappa shape index (κ1) is 12.7. The third-order valence-electron chi connectivity index (χ3n) is 3.00. The smallest absolute Gasteiger partial charge is 0.139 e. The molecule has 3 nitrogen and oxygen atoms in total. The Kier molecular flexibility index (Phi) is 3.11. The lowest BCUT2D eigenvalue weighted by Gasteiger charge is -2.02. The number of anilines is 1. The van der Waals surface area contributed by atoms with Gasteiger partial charge in [0.25, 0.3) is 0 Å². The lowest BCUT2D eigenvalue weighted by molar-refractivity contribution is 1.16. The summed E-state index contributed by atoms with van der Waals surface area (Å²) < 4.78 is 3.91. The van der Waals surface area contributed by atoms with Crippen molar-refractivity contribution in [3.05, 3.63) is 51.0 Å². The Bertz CT molecular complexity index is 778. The van der Waals surface area contributed by atoms with Crippen LogP contribution in [0.15, 0.2) is 45.5 Å². The summed E-state index contributed by atoms with van der Waals surface area (Å²) in [4.78, 5) is 4.60. The van der Waals surface area contributed by atoms with Crippen molar-refractivity contribution < 1.29 is 0 Å². The summed E-state index contributed by atoms with van der Waals surface area (Å²) in [6, 6.07) is 10.00. The number of aromatic nitrogens is 2. The van der Waals surface area contributed by atoms with Gasteiger partial charge in [0.15, 0.2) is 0 Å². The number of rotatable bonds is 1. The quantitative estimate of drug-likeness (QED) is 0.679. The summed E-state index contributed by atoms with van der Waals surface area (Å²) in [5.74, 6) is 0.660. The number of nitrogens with two attached hydrogens (primary N) is 1. The molecule has 1 aromatic carbocycles. The third kappa shape index (κ3) is 2.17. The predicted octanol–water partition coefficient (Wildman–Crippen LogP) is 4.42. The standard InChI is InChI=1S/C14H11Br2N3/c1-8-2-5-12-18-13(14(17)19(12)7-8)9-3-4-10(15)11(16)6-9/h2-7H,17H2,1H3. The van der Waals surface area contributed by atoms with Gasteiger partial charge in [-0.15, -0.1) is 0 Å². The SMILES string of the molecule is Cc1ccc2nc(-c3ccc(Br)c(Br)c3)c(N)n2c1. The molecule has 0 aliphatic heterocycles. The second-order valence-corrected chi connectivity index (χ2v) is 6.12. The molecule has 2 N–H and O–H groups in total. The van der Waals surface area contributed by atoms with Gasteiger partial charge in [0.1, 0.15) is 17.2 Å². The summed E-state index contributed by atoms with van der Waals surface area (Å²) in [6.45, 7) is 2.04. The van der Waals surface area contributed by atoms with E-state index >= 15 is 0 Å². The van der Waals surface area contributed by atoms with Gasteiger partial charge in [-0.1, -0.05) is 12.1 Å². The largest absolute Gasteiger partial charge is 0.383 e. The van der Waals surface area contributed by atoms with Gasteiger partial charge >= 0.3 is 0 Å². The number of nitrogens with zero attached hydrogens (tertiary/aromatic N) is 2. The molecule has 2 heterocycles. The highest BCUT2D eigenvalue weighted by Crippen LogP contribution is 2.32. The molecule has 19 heavy (non-hydrogen) atoms. The Hall–Kier alpha value is -1.33. The molecular formula is C14H11Br2N3. The number of hydrogen-bond donors (Lipinski definition) is 1. The molecule has 0 aliphatic carbocycles. The summed E-state index contributed by atoms with van der Waals surface area (Å²) in [5, 5.41) is 0. The molecule has 96 valence electrons. The predicted molar refractivity (Wildman–Crippen MR) is 85.2 cm³/mol. The molecule has 0 aliphatic rings. The highest BCUT2D eigenvalue weighted by Gasteiger charge is 2.12. The molecule has 0 atom stereocenters. The maximum absolute atomic E-state index is 6.20.